The predicted octanol–water partition coefficient (Wildman–Crippen LogP) is 5.99. The maximum absolute atomic E-state index is 12.8. The number of halogens is 1. The summed E-state index contributed by atoms with van der Waals surface area (Å²) < 4.78 is 12.8. The van der Waals surface area contributed by atoms with Crippen LogP contribution in [-0.4, -0.2) is 23.2 Å². The number of unbranched alkanes of at least 4 members (excludes halogenated alkanes) is 9. The number of rotatable bonds is 15. The molecule has 0 fully saturated rings. The van der Waals surface area contributed by atoms with Crippen molar-refractivity contribution >= 4 is 11.8 Å². The maximum Gasteiger partial charge on any atom is 0.123 e. The lowest BCUT2D eigenvalue weighted by Gasteiger charge is -2.04. The Kier molecular flexibility index (Phi) is 13.4. The minimum atomic E-state index is -0.141. The highest BCUT2D eigenvalue weighted by Gasteiger charge is 1.96. The molecule has 0 aliphatic carbocycles. The summed E-state index contributed by atoms with van der Waals surface area (Å²) in [6.45, 7) is 0.314. The van der Waals surface area contributed by atoms with E-state index in [-0.39, 0.29) is 5.82 Å². The third-order valence-corrected chi connectivity index (χ3v) is 5.20. The van der Waals surface area contributed by atoms with Crippen LogP contribution in [0, 0.1) is 5.82 Å². The fourth-order valence-corrected chi connectivity index (χ4v) is 3.51. The van der Waals surface area contributed by atoms with Crippen LogP contribution in [0.1, 0.15) is 69.8 Å². The van der Waals surface area contributed by atoms with E-state index in [0.717, 1.165) is 12.2 Å². The van der Waals surface area contributed by atoms with Gasteiger partial charge in [0.25, 0.3) is 0 Å². The maximum atomic E-state index is 12.8. The fourth-order valence-electron chi connectivity index (χ4n) is 2.77. The van der Waals surface area contributed by atoms with Crippen LogP contribution in [0.4, 0.5) is 4.39 Å². The second-order valence-electron chi connectivity index (χ2n) is 6.25. The van der Waals surface area contributed by atoms with Crippen molar-refractivity contribution in [2.24, 2.45) is 0 Å². The summed E-state index contributed by atoms with van der Waals surface area (Å²) >= 11 is 1.86. The highest BCUT2D eigenvalue weighted by Crippen LogP contribution is 2.13. The van der Waals surface area contributed by atoms with Crippen molar-refractivity contribution in [3.05, 3.63) is 35.6 Å². The largest absolute Gasteiger partial charge is 0.396 e. The van der Waals surface area contributed by atoms with Crippen LogP contribution in [0.3, 0.4) is 0 Å². The molecule has 0 atom stereocenters. The predicted molar refractivity (Wildman–Crippen MR) is 101 cm³/mol. The molecule has 0 saturated heterocycles. The van der Waals surface area contributed by atoms with Crippen molar-refractivity contribution in [2.75, 3.05) is 18.1 Å². The molecule has 1 nitrogen and oxygen atoms in total. The van der Waals surface area contributed by atoms with Crippen LogP contribution in [0.5, 0.6) is 0 Å². The van der Waals surface area contributed by atoms with Gasteiger partial charge < -0.3 is 5.11 Å². The van der Waals surface area contributed by atoms with E-state index in [2.05, 4.69) is 0 Å². The Bertz CT molecular complexity index is 366. The standard InChI is InChI=1S/C20H33FOS/c21-20-14-12-19(13-15-20)11-9-7-5-3-1-2-4-6-8-10-17-23-18-16-22/h12-15,22H,1-11,16-18H2. The van der Waals surface area contributed by atoms with Gasteiger partial charge in [-0.05, 0) is 42.7 Å². The zero-order valence-electron chi connectivity index (χ0n) is 14.4. The second-order valence-corrected chi connectivity index (χ2v) is 7.47. The minimum absolute atomic E-state index is 0.141. The summed E-state index contributed by atoms with van der Waals surface area (Å²) in [7, 11) is 0. The van der Waals surface area contributed by atoms with Crippen LogP contribution >= 0.6 is 11.8 Å². The van der Waals surface area contributed by atoms with Gasteiger partial charge in [-0.2, -0.15) is 11.8 Å². The molecule has 1 rings (SSSR count). The molecule has 0 saturated carbocycles. The first kappa shape index (κ1) is 20.5. The second kappa shape index (κ2) is 15.0. The van der Waals surface area contributed by atoms with Crippen molar-refractivity contribution in [1.29, 1.82) is 0 Å². The first-order chi connectivity index (χ1) is 11.3. The van der Waals surface area contributed by atoms with E-state index in [1.54, 1.807) is 12.1 Å². The zero-order chi connectivity index (χ0) is 16.6. The van der Waals surface area contributed by atoms with Crippen molar-refractivity contribution in [2.45, 2.75) is 70.6 Å². The molecule has 3 heteroatoms. The van der Waals surface area contributed by atoms with Crippen molar-refractivity contribution < 1.29 is 9.50 Å². The summed E-state index contributed by atoms with van der Waals surface area (Å²) in [5, 5.41) is 8.68. The Balaban J connectivity index is 1.77. The molecule has 0 aliphatic rings. The Morgan fingerprint density at radius 1 is 0.696 bits per heavy atom. The molecule has 0 radical (unpaired) electrons. The lowest BCUT2D eigenvalue weighted by Crippen LogP contribution is -1.89. The molecule has 1 aromatic rings. The lowest BCUT2D eigenvalue weighted by molar-refractivity contribution is 0.322. The molecular weight excluding hydrogens is 307 g/mol. The number of thioether (sulfide) groups is 1. The quantitative estimate of drug-likeness (QED) is 0.395. The number of hydrogen-bond acceptors (Lipinski definition) is 2. The molecule has 0 heterocycles. The summed E-state index contributed by atoms with van der Waals surface area (Å²) in [4.78, 5) is 0. The summed E-state index contributed by atoms with van der Waals surface area (Å²) in [6, 6.07) is 6.91. The molecule has 0 unspecified atom stereocenters. The molecule has 0 spiro atoms. The zero-order valence-corrected chi connectivity index (χ0v) is 15.3. The van der Waals surface area contributed by atoms with E-state index in [1.807, 2.05) is 23.9 Å². The minimum Gasteiger partial charge on any atom is -0.396 e. The lowest BCUT2D eigenvalue weighted by atomic mass is 10.0. The molecular formula is C20H33FOS. The fraction of sp³-hybridized carbons (Fsp3) is 0.700. The number of benzene rings is 1. The number of aliphatic hydroxyl groups excluding tert-OH is 1. The van der Waals surface area contributed by atoms with Gasteiger partial charge in [0.15, 0.2) is 0 Å². The molecule has 23 heavy (non-hydrogen) atoms. The van der Waals surface area contributed by atoms with Gasteiger partial charge in [-0.1, -0.05) is 63.5 Å². The SMILES string of the molecule is OCCSCCCCCCCCCCCCc1ccc(F)cc1. The smallest absolute Gasteiger partial charge is 0.123 e. The number of hydrogen-bond donors (Lipinski definition) is 1. The molecule has 0 aliphatic heterocycles. The van der Waals surface area contributed by atoms with Gasteiger partial charge in [-0.25, -0.2) is 4.39 Å². The number of aliphatic hydroxyl groups is 1. The monoisotopic (exact) mass is 340 g/mol. The third-order valence-electron chi connectivity index (χ3n) is 4.15. The average molecular weight is 341 g/mol. The molecule has 1 aromatic carbocycles. The summed E-state index contributed by atoms with van der Waals surface area (Å²) in [5.74, 6) is 1.95. The molecule has 1 N–H and O–H groups in total. The van der Waals surface area contributed by atoms with Crippen molar-refractivity contribution in [3.63, 3.8) is 0 Å². The van der Waals surface area contributed by atoms with E-state index in [9.17, 15) is 4.39 Å². The van der Waals surface area contributed by atoms with E-state index in [4.69, 9.17) is 5.11 Å². The summed E-state index contributed by atoms with van der Waals surface area (Å²) in [6.07, 6.45) is 14.4. The summed E-state index contributed by atoms with van der Waals surface area (Å²) in [5.41, 5.74) is 1.25. The first-order valence-corrected chi connectivity index (χ1v) is 10.4. The molecule has 132 valence electrons. The number of aryl methyl sites for hydroxylation is 1. The Labute approximate surface area is 146 Å². The van der Waals surface area contributed by atoms with Crippen LogP contribution in [0.2, 0.25) is 0 Å². The van der Waals surface area contributed by atoms with Crippen LogP contribution < -0.4 is 0 Å². The first-order valence-electron chi connectivity index (χ1n) is 9.26. The highest BCUT2D eigenvalue weighted by molar-refractivity contribution is 7.99. The normalized spacial score (nSPS) is 11.0. The van der Waals surface area contributed by atoms with Crippen LogP contribution in [-0.2, 0) is 6.42 Å². The van der Waals surface area contributed by atoms with Crippen LogP contribution in [0.15, 0.2) is 24.3 Å². The van der Waals surface area contributed by atoms with Gasteiger partial charge in [0, 0.05) is 5.75 Å². The van der Waals surface area contributed by atoms with Crippen molar-refractivity contribution in [3.8, 4) is 0 Å². The van der Waals surface area contributed by atoms with E-state index in [1.165, 1.54) is 75.5 Å². The van der Waals surface area contributed by atoms with Gasteiger partial charge in [-0.15, -0.1) is 0 Å². The van der Waals surface area contributed by atoms with Crippen LogP contribution in [0.25, 0.3) is 0 Å². The molecule has 0 bridgehead atoms. The van der Waals surface area contributed by atoms with Gasteiger partial charge in [0.05, 0.1) is 6.61 Å². The Morgan fingerprint density at radius 2 is 1.22 bits per heavy atom. The topological polar surface area (TPSA) is 20.2 Å². The highest BCUT2D eigenvalue weighted by atomic mass is 32.2. The van der Waals surface area contributed by atoms with E-state index >= 15 is 0 Å². The van der Waals surface area contributed by atoms with E-state index < -0.39 is 0 Å². The average Bonchev–Trinajstić information content (AvgIpc) is 2.57. The van der Waals surface area contributed by atoms with Gasteiger partial charge >= 0.3 is 0 Å². The van der Waals surface area contributed by atoms with Gasteiger partial charge in [0.2, 0.25) is 0 Å². The van der Waals surface area contributed by atoms with E-state index in [0.29, 0.717) is 6.61 Å². The van der Waals surface area contributed by atoms with Crippen molar-refractivity contribution in [1.82, 2.24) is 0 Å². The Morgan fingerprint density at radius 3 is 1.78 bits per heavy atom. The third kappa shape index (κ3) is 12.5. The molecule has 0 aromatic heterocycles. The van der Waals surface area contributed by atoms with Gasteiger partial charge in [0.1, 0.15) is 5.82 Å². The molecule has 0 amide bonds. The Hall–Kier alpha value is -0.540. The van der Waals surface area contributed by atoms with Gasteiger partial charge in [-0.3, -0.25) is 0 Å².